The zero-order chi connectivity index (χ0) is 20.4. The van der Waals surface area contributed by atoms with Crippen LogP contribution in [0.4, 0.5) is 10.1 Å². The van der Waals surface area contributed by atoms with Gasteiger partial charge in [-0.25, -0.2) is 4.39 Å². The summed E-state index contributed by atoms with van der Waals surface area (Å²) in [5, 5.41) is 2.65. The van der Waals surface area contributed by atoms with E-state index in [1.807, 2.05) is 48.5 Å². The normalized spacial score (nSPS) is 13.9. The highest BCUT2D eigenvalue weighted by Gasteiger charge is 2.36. The minimum Gasteiger partial charge on any atom is -0.322 e. The molecule has 1 heterocycles. The summed E-state index contributed by atoms with van der Waals surface area (Å²) in [5.74, 6) is -1.15. The van der Waals surface area contributed by atoms with Crippen LogP contribution >= 0.6 is 15.9 Å². The largest absolute Gasteiger partial charge is 0.322 e. The van der Waals surface area contributed by atoms with Crippen LogP contribution < -0.4 is 5.32 Å². The Labute approximate surface area is 176 Å². The van der Waals surface area contributed by atoms with Gasteiger partial charge in [-0.05, 0) is 35.4 Å². The maximum atomic E-state index is 14.2. The molecule has 3 aromatic rings. The topological polar surface area (TPSA) is 49.4 Å². The molecule has 2 amide bonds. The first kappa shape index (κ1) is 19.3. The second-order valence-electron chi connectivity index (χ2n) is 6.91. The number of hydrogen-bond donors (Lipinski definition) is 1. The number of hydrogen-bond acceptors (Lipinski definition) is 2. The van der Waals surface area contributed by atoms with Crippen molar-refractivity contribution >= 4 is 33.4 Å². The molecular weight excluding hydrogens is 435 g/mol. The third-order valence-electron chi connectivity index (χ3n) is 4.99. The summed E-state index contributed by atoms with van der Waals surface area (Å²) < 4.78 is 14.8. The average Bonchev–Trinajstić information content (AvgIpc) is 3.05. The molecule has 0 unspecified atom stereocenters. The van der Waals surface area contributed by atoms with Crippen molar-refractivity contribution in [3.8, 4) is 0 Å². The Kier molecular flexibility index (Phi) is 5.45. The first-order valence-corrected chi connectivity index (χ1v) is 10.0. The maximum Gasteiger partial charge on any atom is 0.255 e. The van der Waals surface area contributed by atoms with E-state index < -0.39 is 17.8 Å². The summed E-state index contributed by atoms with van der Waals surface area (Å²) in [6.07, 6.45) is 0.338. The second kappa shape index (κ2) is 8.17. The van der Waals surface area contributed by atoms with Crippen LogP contribution in [-0.4, -0.2) is 22.8 Å². The summed E-state index contributed by atoms with van der Waals surface area (Å²) >= 11 is 3.21. The number of fused-ring (bicyclic) bond motifs is 1. The zero-order valence-corrected chi connectivity index (χ0v) is 17.0. The van der Waals surface area contributed by atoms with Crippen molar-refractivity contribution in [2.75, 3.05) is 5.32 Å². The third kappa shape index (κ3) is 4.07. The van der Waals surface area contributed by atoms with Gasteiger partial charge in [-0.3, -0.25) is 9.59 Å². The van der Waals surface area contributed by atoms with E-state index in [-0.39, 0.29) is 11.6 Å². The second-order valence-corrected chi connectivity index (χ2v) is 7.82. The van der Waals surface area contributed by atoms with E-state index in [0.717, 1.165) is 11.1 Å². The van der Waals surface area contributed by atoms with Crippen molar-refractivity contribution in [3.05, 3.63) is 99.8 Å². The van der Waals surface area contributed by atoms with Crippen molar-refractivity contribution in [1.82, 2.24) is 4.90 Å². The smallest absolute Gasteiger partial charge is 0.255 e. The lowest BCUT2D eigenvalue weighted by Crippen LogP contribution is -2.45. The lowest BCUT2D eigenvalue weighted by molar-refractivity contribution is -0.120. The molecule has 146 valence electrons. The van der Waals surface area contributed by atoms with E-state index in [0.29, 0.717) is 23.0 Å². The lowest BCUT2D eigenvalue weighted by Gasteiger charge is -2.27. The average molecular weight is 453 g/mol. The Balaban J connectivity index is 1.63. The van der Waals surface area contributed by atoms with E-state index >= 15 is 0 Å². The van der Waals surface area contributed by atoms with Gasteiger partial charge in [0.2, 0.25) is 5.91 Å². The van der Waals surface area contributed by atoms with Gasteiger partial charge in [-0.1, -0.05) is 64.5 Å². The fourth-order valence-electron chi connectivity index (χ4n) is 3.52. The number of anilines is 1. The molecule has 0 saturated carbocycles. The monoisotopic (exact) mass is 452 g/mol. The number of nitrogens with one attached hydrogen (secondary N) is 1. The first-order valence-electron chi connectivity index (χ1n) is 9.21. The Morgan fingerprint density at radius 2 is 1.79 bits per heavy atom. The molecule has 1 N–H and O–H groups in total. The molecule has 0 fully saturated rings. The predicted octanol–water partition coefficient (Wildman–Crippen LogP) is 4.79. The number of rotatable bonds is 5. The molecule has 4 nitrogen and oxygen atoms in total. The van der Waals surface area contributed by atoms with Crippen LogP contribution in [0.15, 0.2) is 77.3 Å². The summed E-state index contributed by atoms with van der Waals surface area (Å²) in [6.45, 7) is 0.350. The van der Waals surface area contributed by atoms with Crippen LogP contribution in [0, 0.1) is 5.82 Å². The van der Waals surface area contributed by atoms with Crippen LogP contribution in [0.1, 0.15) is 21.5 Å². The molecule has 0 radical (unpaired) electrons. The van der Waals surface area contributed by atoms with Crippen LogP contribution in [0.25, 0.3) is 0 Å². The number of carbonyl (C=O) groups is 2. The van der Waals surface area contributed by atoms with E-state index in [4.69, 9.17) is 0 Å². The van der Waals surface area contributed by atoms with Crippen LogP contribution in [-0.2, 0) is 17.8 Å². The highest BCUT2D eigenvalue weighted by Crippen LogP contribution is 2.27. The number of amides is 2. The minimum atomic E-state index is -0.764. The van der Waals surface area contributed by atoms with Crippen molar-refractivity contribution in [3.63, 3.8) is 0 Å². The molecule has 0 aromatic heterocycles. The fourth-order valence-corrected chi connectivity index (χ4v) is 3.85. The van der Waals surface area contributed by atoms with Crippen LogP contribution in [0.3, 0.4) is 0 Å². The van der Waals surface area contributed by atoms with E-state index in [2.05, 4.69) is 21.2 Å². The summed E-state index contributed by atoms with van der Waals surface area (Å²) in [5.41, 5.74) is 2.50. The van der Waals surface area contributed by atoms with Gasteiger partial charge in [0.25, 0.3) is 5.91 Å². The van der Waals surface area contributed by atoms with Crippen LogP contribution in [0.2, 0.25) is 0 Å². The summed E-state index contributed by atoms with van der Waals surface area (Å²) in [7, 11) is 0. The van der Waals surface area contributed by atoms with Crippen LogP contribution in [0.5, 0.6) is 0 Å². The van der Waals surface area contributed by atoms with Crippen molar-refractivity contribution in [2.24, 2.45) is 0 Å². The van der Waals surface area contributed by atoms with Crippen molar-refractivity contribution < 1.29 is 14.0 Å². The molecule has 1 aliphatic rings. The number of halogens is 2. The number of benzene rings is 3. The van der Waals surface area contributed by atoms with E-state index in [1.54, 1.807) is 17.0 Å². The molecule has 0 saturated heterocycles. The third-order valence-corrected chi connectivity index (χ3v) is 5.48. The van der Waals surface area contributed by atoms with E-state index in [9.17, 15) is 14.0 Å². The highest BCUT2D eigenvalue weighted by molar-refractivity contribution is 9.10. The fraction of sp³-hybridized carbons (Fsp3) is 0.130. The molecule has 29 heavy (non-hydrogen) atoms. The van der Waals surface area contributed by atoms with E-state index in [1.165, 1.54) is 12.1 Å². The van der Waals surface area contributed by atoms with Gasteiger partial charge in [-0.15, -0.1) is 0 Å². The first-order chi connectivity index (χ1) is 14.0. The Hall–Kier alpha value is -2.99. The van der Waals surface area contributed by atoms with Gasteiger partial charge >= 0.3 is 0 Å². The highest BCUT2D eigenvalue weighted by atomic mass is 79.9. The molecule has 1 aliphatic heterocycles. The molecular formula is C23H18BrFN2O2. The lowest BCUT2D eigenvalue weighted by atomic mass is 10.0. The maximum absolute atomic E-state index is 14.2. The summed E-state index contributed by atoms with van der Waals surface area (Å²) in [6, 6.07) is 20.5. The standard InChI is InChI=1S/C23H18BrFN2O2/c24-17-10-11-20(19(25)13-17)26-22(28)21(12-15-6-2-1-3-7-15)27-14-16-8-4-5-9-18(16)23(27)29/h1-11,13,21H,12,14H2,(H,26,28)/t21-/m1/s1. The summed E-state index contributed by atoms with van der Waals surface area (Å²) in [4.78, 5) is 27.7. The molecule has 3 aromatic carbocycles. The SMILES string of the molecule is O=C(Nc1ccc(Br)cc1F)[C@@H](Cc1ccccc1)N1Cc2ccccc2C1=O. The molecule has 0 bridgehead atoms. The van der Waals surface area contributed by atoms with Gasteiger partial charge in [0.05, 0.1) is 5.69 Å². The van der Waals surface area contributed by atoms with Crippen molar-refractivity contribution in [1.29, 1.82) is 0 Å². The van der Waals surface area contributed by atoms with Gasteiger partial charge in [0, 0.05) is 23.0 Å². The van der Waals surface area contributed by atoms with Gasteiger partial charge in [0.15, 0.2) is 0 Å². The predicted molar refractivity (Wildman–Crippen MR) is 113 cm³/mol. The Bertz CT molecular complexity index is 1070. The zero-order valence-electron chi connectivity index (χ0n) is 15.4. The van der Waals surface area contributed by atoms with Gasteiger partial charge in [0.1, 0.15) is 11.9 Å². The molecule has 4 rings (SSSR count). The quantitative estimate of drug-likeness (QED) is 0.604. The van der Waals surface area contributed by atoms with Gasteiger partial charge in [-0.2, -0.15) is 0 Å². The Morgan fingerprint density at radius 3 is 2.52 bits per heavy atom. The minimum absolute atomic E-state index is 0.0837. The number of nitrogens with zero attached hydrogens (tertiary/aromatic N) is 1. The Morgan fingerprint density at radius 1 is 1.07 bits per heavy atom. The molecule has 0 spiro atoms. The van der Waals surface area contributed by atoms with Crippen molar-refractivity contribution in [2.45, 2.75) is 19.0 Å². The molecule has 1 atom stereocenters. The number of carbonyl (C=O) groups excluding carboxylic acids is 2. The van der Waals surface area contributed by atoms with Gasteiger partial charge < -0.3 is 10.2 Å². The molecule has 6 heteroatoms. The molecule has 0 aliphatic carbocycles.